The van der Waals surface area contributed by atoms with Gasteiger partial charge in [0, 0.05) is 50.3 Å². The van der Waals surface area contributed by atoms with Crippen LogP contribution >= 0.6 is 0 Å². The van der Waals surface area contributed by atoms with Gasteiger partial charge in [0.2, 0.25) is 0 Å². The van der Waals surface area contributed by atoms with Gasteiger partial charge in [-0.2, -0.15) is 0 Å². The fourth-order valence-corrected chi connectivity index (χ4v) is 3.34. The van der Waals surface area contributed by atoms with Crippen molar-refractivity contribution in [3.05, 3.63) is 59.7 Å². The van der Waals surface area contributed by atoms with Gasteiger partial charge in [-0.25, -0.2) is 0 Å². The molecule has 2 aromatic rings. The maximum Gasteiger partial charge on any atom is 0.255 e. The third-order valence-corrected chi connectivity index (χ3v) is 4.79. The van der Waals surface area contributed by atoms with Gasteiger partial charge in [0.15, 0.2) is 0 Å². The zero-order chi connectivity index (χ0) is 19.8. The van der Waals surface area contributed by atoms with E-state index in [1.165, 1.54) is 0 Å². The second-order valence-electron chi connectivity index (χ2n) is 6.85. The molecule has 1 fully saturated rings. The Kier molecular flexibility index (Phi) is 7.03. The van der Waals surface area contributed by atoms with Crippen LogP contribution in [0.15, 0.2) is 48.5 Å². The Labute approximate surface area is 165 Å². The molecule has 2 N–H and O–H groups in total. The molecule has 3 rings (SSSR count). The molecule has 6 nitrogen and oxygen atoms in total. The van der Waals surface area contributed by atoms with E-state index >= 15 is 0 Å². The van der Waals surface area contributed by atoms with Crippen LogP contribution < -0.4 is 15.5 Å². The number of carbonyl (C=O) groups is 2. The smallest absolute Gasteiger partial charge is 0.255 e. The monoisotopic (exact) mass is 381 g/mol. The lowest BCUT2D eigenvalue weighted by atomic mass is 10.1. The van der Waals surface area contributed by atoms with Gasteiger partial charge in [-0.3, -0.25) is 9.59 Å². The maximum absolute atomic E-state index is 12.8. The van der Waals surface area contributed by atoms with Gasteiger partial charge in [-0.15, -0.1) is 0 Å². The molecule has 0 saturated carbocycles. The minimum atomic E-state index is -0.194. The molecular weight excluding hydrogens is 354 g/mol. The summed E-state index contributed by atoms with van der Waals surface area (Å²) in [5.74, 6) is -0.324. The van der Waals surface area contributed by atoms with E-state index in [-0.39, 0.29) is 11.8 Å². The highest BCUT2D eigenvalue weighted by atomic mass is 16.5. The van der Waals surface area contributed by atoms with Crippen LogP contribution in [0, 0.1) is 0 Å². The summed E-state index contributed by atoms with van der Waals surface area (Å²) in [6.45, 7) is 3.04. The standard InChI is InChI=1S/C22H27N3O3/c1-28-15-7-12-23-22(27)19-16-18(10-11-20(19)25-13-5-6-14-25)24-21(26)17-8-3-2-4-9-17/h2-4,8-11,16H,5-7,12-15H2,1H3,(H,23,27)(H,24,26). The Morgan fingerprint density at radius 2 is 1.79 bits per heavy atom. The Balaban J connectivity index is 1.78. The number of hydrogen-bond donors (Lipinski definition) is 2. The summed E-state index contributed by atoms with van der Waals surface area (Å²) in [5.41, 5.74) is 2.69. The highest BCUT2D eigenvalue weighted by molar-refractivity contribution is 6.06. The first-order valence-electron chi connectivity index (χ1n) is 9.71. The number of rotatable bonds is 8. The van der Waals surface area contributed by atoms with Crippen molar-refractivity contribution in [3.63, 3.8) is 0 Å². The highest BCUT2D eigenvalue weighted by Gasteiger charge is 2.20. The lowest BCUT2D eigenvalue weighted by molar-refractivity contribution is 0.0947. The van der Waals surface area contributed by atoms with Crippen LogP contribution in [0.3, 0.4) is 0 Å². The normalized spacial score (nSPS) is 13.4. The van der Waals surface area contributed by atoms with Gasteiger partial charge >= 0.3 is 0 Å². The molecule has 1 heterocycles. The van der Waals surface area contributed by atoms with Gasteiger partial charge < -0.3 is 20.3 Å². The molecule has 0 aliphatic carbocycles. The van der Waals surface area contributed by atoms with Crippen molar-refractivity contribution in [2.75, 3.05) is 43.6 Å². The van der Waals surface area contributed by atoms with E-state index in [2.05, 4.69) is 15.5 Å². The van der Waals surface area contributed by atoms with Crippen LogP contribution in [0.1, 0.15) is 40.0 Å². The zero-order valence-electron chi connectivity index (χ0n) is 16.2. The van der Waals surface area contributed by atoms with Crippen molar-refractivity contribution in [2.24, 2.45) is 0 Å². The van der Waals surface area contributed by atoms with E-state index in [1.807, 2.05) is 30.3 Å². The summed E-state index contributed by atoms with van der Waals surface area (Å²) in [6.07, 6.45) is 3.01. The molecule has 1 saturated heterocycles. The van der Waals surface area contributed by atoms with Crippen molar-refractivity contribution < 1.29 is 14.3 Å². The van der Waals surface area contributed by atoms with Crippen LogP contribution in [0.2, 0.25) is 0 Å². The first kappa shape index (κ1) is 19.9. The molecule has 0 spiro atoms. The summed E-state index contributed by atoms with van der Waals surface area (Å²) < 4.78 is 5.03. The molecule has 0 bridgehead atoms. The summed E-state index contributed by atoms with van der Waals surface area (Å²) in [7, 11) is 1.65. The molecule has 0 aromatic heterocycles. The number of nitrogens with one attached hydrogen (secondary N) is 2. The van der Waals surface area contributed by atoms with Crippen LogP contribution in [-0.4, -0.2) is 45.2 Å². The molecule has 28 heavy (non-hydrogen) atoms. The number of benzene rings is 2. The van der Waals surface area contributed by atoms with Crippen LogP contribution in [-0.2, 0) is 4.74 Å². The van der Waals surface area contributed by atoms with Crippen LogP contribution in [0.5, 0.6) is 0 Å². The molecule has 2 amide bonds. The molecule has 1 aliphatic heterocycles. The average molecular weight is 381 g/mol. The molecule has 6 heteroatoms. The number of amides is 2. The lowest BCUT2D eigenvalue weighted by Gasteiger charge is -2.22. The van der Waals surface area contributed by atoms with Crippen LogP contribution in [0.4, 0.5) is 11.4 Å². The average Bonchev–Trinajstić information content (AvgIpc) is 3.26. The number of nitrogens with zero attached hydrogens (tertiary/aromatic N) is 1. The molecular formula is C22H27N3O3. The number of ether oxygens (including phenoxy) is 1. The molecule has 0 unspecified atom stereocenters. The number of anilines is 2. The number of hydrogen-bond acceptors (Lipinski definition) is 4. The Morgan fingerprint density at radius 3 is 2.50 bits per heavy atom. The third kappa shape index (κ3) is 5.10. The highest BCUT2D eigenvalue weighted by Crippen LogP contribution is 2.28. The fourth-order valence-electron chi connectivity index (χ4n) is 3.34. The van der Waals surface area contributed by atoms with E-state index in [0.29, 0.717) is 30.0 Å². The minimum Gasteiger partial charge on any atom is -0.385 e. The Hall–Kier alpha value is -2.86. The molecule has 148 valence electrons. The van der Waals surface area contributed by atoms with Crippen molar-refractivity contribution in [1.29, 1.82) is 0 Å². The first-order valence-corrected chi connectivity index (χ1v) is 9.71. The summed E-state index contributed by atoms with van der Waals surface area (Å²) in [6, 6.07) is 14.6. The number of carbonyl (C=O) groups excluding carboxylic acids is 2. The SMILES string of the molecule is COCCCNC(=O)c1cc(NC(=O)c2ccccc2)ccc1N1CCCC1. The molecule has 0 atom stereocenters. The summed E-state index contributed by atoms with van der Waals surface area (Å²) in [5, 5.41) is 5.84. The van der Waals surface area contributed by atoms with E-state index in [9.17, 15) is 9.59 Å². The minimum absolute atomic E-state index is 0.131. The van der Waals surface area contributed by atoms with Gasteiger partial charge in [-0.1, -0.05) is 18.2 Å². The van der Waals surface area contributed by atoms with Gasteiger partial charge in [-0.05, 0) is 49.6 Å². The quantitative estimate of drug-likeness (QED) is 0.689. The summed E-state index contributed by atoms with van der Waals surface area (Å²) >= 11 is 0. The molecule has 2 aromatic carbocycles. The van der Waals surface area contributed by atoms with Crippen LogP contribution in [0.25, 0.3) is 0 Å². The van der Waals surface area contributed by atoms with E-state index in [4.69, 9.17) is 4.74 Å². The predicted octanol–water partition coefficient (Wildman–Crippen LogP) is 3.31. The third-order valence-electron chi connectivity index (χ3n) is 4.79. The van der Waals surface area contributed by atoms with Gasteiger partial charge in [0.05, 0.1) is 5.56 Å². The predicted molar refractivity (Wildman–Crippen MR) is 111 cm³/mol. The second kappa shape index (κ2) is 9.90. The molecule has 0 radical (unpaired) electrons. The van der Waals surface area contributed by atoms with Gasteiger partial charge in [0.1, 0.15) is 0 Å². The van der Waals surface area contributed by atoms with E-state index < -0.39 is 0 Å². The molecule has 1 aliphatic rings. The number of methoxy groups -OCH3 is 1. The topological polar surface area (TPSA) is 70.7 Å². The first-order chi connectivity index (χ1) is 13.7. The second-order valence-corrected chi connectivity index (χ2v) is 6.85. The van der Waals surface area contributed by atoms with E-state index in [1.54, 1.807) is 25.3 Å². The van der Waals surface area contributed by atoms with Crippen molar-refractivity contribution in [2.45, 2.75) is 19.3 Å². The van der Waals surface area contributed by atoms with Gasteiger partial charge in [0.25, 0.3) is 11.8 Å². The summed E-state index contributed by atoms with van der Waals surface area (Å²) in [4.78, 5) is 27.5. The van der Waals surface area contributed by atoms with Crippen molar-refractivity contribution in [3.8, 4) is 0 Å². The fraction of sp³-hybridized carbons (Fsp3) is 0.364. The maximum atomic E-state index is 12.8. The Bertz CT molecular complexity index is 802. The zero-order valence-corrected chi connectivity index (χ0v) is 16.2. The Morgan fingerprint density at radius 1 is 1.04 bits per heavy atom. The van der Waals surface area contributed by atoms with E-state index in [0.717, 1.165) is 38.0 Å². The lowest BCUT2D eigenvalue weighted by Crippen LogP contribution is -2.29. The largest absolute Gasteiger partial charge is 0.385 e. The van der Waals surface area contributed by atoms with Crippen molar-refractivity contribution >= 4 is 23.2 Å². The van der Waals surface area contributed by atoms with Crippen molar-refractivity contribution in [1.82, 2.24) is 5.32 Å².